The Bertz CT molecular complexity index is 468. The predicted molar refractivity (Wildman–Crippen MR) is 71.1 cm³/mol. The number of nitrogens with zero attached hydrogens (tertiary/aromatic N) is 2. The molecule has 104 valence electrons. The number of pyridine rings is 1. The van der Waals surface area contributed by atoms with Crippen LogP contribution in [-0.2, 0) is 0 Å². The Hall–Kier alpha value is -1.66. The van der Waals surface area contributed by atoms with Crippen LogP contribution < -0.4 is 5.32 Å². The van der Waals surface area contributed by atoms with Gasteiger partial charge < -0.3 is 20.4 Å². The topological polar surface area (TPSA) is 85.7 Å². The van der Waals surface area contributed by atoms with Crippen molar-refractivity contribution < 1.29 is 15.0 Å². The first-order valence-corrected chi connectivity index (χ1v) is 6.39. The fourth-order valence-corrected chi connectivity index (χ4v) is 2.18. The van der Waals surface area contributed by atoms with Crippen LogP contribution >= 0.6 is 0 Å². The van der Waals surface area contributed by atoms with Crippen LogP contribution in [0.2, 0.25) is 0 Å². The highest BCUT2D eigenvalue weighted by molar-refractivity contribution is 5.95. The Morgan fingerprint density at radius 1 is 1.42 bits per heavy atom. The monoisotopic (exact) mass is 265 g/mol. The van der Waals surface area contributed by atoms with Crippen molar-refractivity contribution in [2.45, 2.75) is 26.1 Å². The number of rotatable bonds is 3. The summed E-state index contributed by atoms with van der Waals surface area (Å²) in [4.78, 5) is 18.0. The Morgan fingerprint density at radius 3 is 2.63 bits per heavy atom. The quantitative estimate of drug-likeness (QED) is 0.716. The van der Waals surface area contributed by atoms with Crippen LogP contribution in [0.25, 0.3) is 0 Å². The predicted octanol–water partition coefficient (Wildman–Crippen LogP) is -0.000580. The molecule has 0 spiro atoms. The molecule has 1 amide bonds. The Labute approximate surface area is 112 Å². The summed E-state index contributed by atoms with van der Waals surface area (Å²) in [5.41, 5.74) is 1.27. The number of hydrogen-bond acceptors (Lipinski definition) is 5. The summed E-state index contributed by atoms with van der Waals surface area (Å²) in [7, 11) is 0. The maximum atomic E-state index is 12.3. The van der Waals surface area contributed by atoms with Crippen molar-refractivity contribution in [1.82, 2.24) is 9.88 Å². The molecule has 1 saturated heterocycles. The van der Waals surface area contributed by atoms with E-state index in [1.165, 1.54) is 4.90 Å². The van der Waals surface area contributed by atoms with Gasteiger partial charge in [-0.1, -0.05) is 0 Å². The van der Waals surface area contributed by atoms with Gasteiger partial charge in [0.05, 0.1) is 12.2 Å². The number of aliphatic hydroxyl groups is 2. The third kappa shape index (κ3) is 3.02. The van der Waals surface area contributed by atoms with Crippen molar-refractivity contribution >= 4 is 11.7 Å². The summed E-state index contributed by atoms with van der Waals surface area (Å²) >= 11 is 0. The zero-order valence-electron chi connectivity index (χ0n) is 11.1. The Morgan fingerprint density at radius 2 is 2.05 bits per heavy atom. The molecular formula is C13H19N3O3. The highest BCUT2D eigenvalue weighted by Crippen LogP contribution is 2.17. The van der Waals surface area contributed by atoms with E-state index in [2.05, 4.69) is 10.3 Å². The van der Waals surface area contributed by atoms with Crippen LogP contribution in [0.15, 0.2) is 12.1 Å². The number of hydrogen-bond donors (Lipinski definition) is 3. The van der Waals surface area contributed by atoms with Crippen LogP contribution in [0.3, 0.4) is 0 Å². The minimum Gasteiger partial charge on any atom is -0.388 e. The van der Waals surface area contributed by atoms with Crippen LogP contribution in [0.5, 0.6) is 0 Å². The van der Waals surface area contributed by atoms with Gasteiger partial charge in [-0.15, -0.1) is 0 Å². The Balaban J connectivity index is 2.19. The molecule has 2 heterocycles. The van der Waals surface area contributed by atoms with Crippen molar-refractivity contribution in [1.29, 1.82) is 0 Å². The molecule has 1 aromatic heterocycles. The molecule has 0 aliphatic carbocycles. The van der Waals surface area contributed by atoms with Gasteiger partial charge in [-0.2, -0.15) is 0 Å². The maximum Gasteiger partial charge on any atom is 0.254 e. The van der Waals surface area contributed by atoms with Crippen LogP contribution in [0.4, 0.5) is 5.82 Å². The van der Waals surface area contributed by atoms with Crippen molar-refractivity contribution in [2.24, 2.45) is 0 Å². The number of anilines is 1. The maximum absolute atomic E-state index is 12.3. The summed E-state index contributed by atoms with van der Waals surface area (Å²) in [6, 6.07) is 3.40. The van der Waals surface area contributed by atoms with Crippen molar-refractivity contribution in [3.8, 4) is 0 Å². The number of carbonyl (C=O) groups excluding carboxylic acids is 1. The minimum absolute atomic E-state index is 0.165. The third-order valence-electron chi connectivity index (χ3n) is 3.10. The third-order valence-corrected chi connectivity index (χ3v) is 3.10. The Kier molecular flexibility index (Phi) is 4.01. The van der Waals surface area contributed by atoms with Gasteiger partial charge in [0.1, 0.15) is 5.82 Å². The van der Waals surface area contributed by atoms with Gasteiger partial charge in [0.25, 0.3) is 5.91 Å². The summed E-state index contributed by atoms with van der Waals surface area (Å²) in [5, 5.41) is 22.0. The second-order valence-corrected chi connectivity index (χ2v) is 4.76. The minimum atomic E-state index is -0.861. The van der Waals surface area contributed by atoms with Crippen molar-refractivity contribution in [3.63, 3.8) is 0 Å². The standard InChI is InChI=1S/C13H19N3O3/c1-3-14-12-5-9(4-8(2)15-12)13(19)16-6-10(17)11(18)7-16/h4-5,10-11,17-18H,3,6-7H2,1-2H3,(H,14,15). The molecule has 2 atom stereocenters. The van der Waals surface area contributed by atoms with Gasteiger partial charge in [-0.3, -0.25) is 4.79 Å². The molecule has 6 nitrogen and oxygen atoms in total. The number of aryl methyl sites for hydroxylation is 1. The number of nitrogens with one attached hydrogen (secondary N) is 1. The average molecular weight is 265 g/mol. The lowest BCUT2D eigenvalue weighted by Gasteiger charge is -2.16. The van der Waals surface area contributed by atoms with E-state index in [4.69, 9.17) is 0 Å². The van der Waals surface area contributed by atoms with Gasteiger partial charge in [0, 0.05) is 30.9 Å². The van der Waals surface area contributed by atoms with Gasteiger partial charge >= 0.3 is 0 Å². The zero-order chi connectivity index (χ0) is 14.0. The lowest BCUT2D eigenvalue weighted by molar-refractivity contribution is 0.0572. The highest BCUT2D eigenvalue weighted by atomic mass is 16.3. The summed E-state index contributed by atoms with van der Waals surface area (Å²) in [5.74, 6) is 0.464. The van der Waals surface area contributed by atoms with Crippen molar-refractivity contribution in [2.75, 3.05) is 25.0 Å². The van der Waals surface area contributed by atoms with Crippen LogP contribution in [-0.4, -0.2) is 57.8 Å². The van der Waals surface area contributed by atoms with Gasteiger partial charge in [0.2, 0.25) is 0 Å². The molecule has 2 rings (SSSR count). The molecule has 6 heteroatoms. The molecular weight excluding hydrogens is 246 g/mol. The van der Waals surface area contributed by atoms with E-state index in [1.807, 2.05) is 13.8 Å². The van der Waals surface area contributed by atoms with E-state index in [0.29, 0.717) is 11.4 Å². The number of aromatic nitrogens is 1. The molecule has 19 heavy (non-hydrogen) atoms. The molecule has 3 N–H and O–H groups in total. The van der Waals surface area contributed by atoms with Gasteiger partial charge in [0.15, 0.2) is 0 Å². The molecule has 0 saturated carbocycles. The zero-order valence-corrected chi connectivity index (χ0v) is 11.1. The highest BCUT2D eigenvalue weighted by Gasteiger charge is 2.33. The molecule has 1 fully saturated rings. The molecule has 1 aliphatic heterocycles. The van der Waals surface area contributed by atoms with Crippen LogP contribution in [0, 0.1) is 6.92 Å². The second kappa shape index (κ2) is 5.54. The normalized spacial score (nSPS) is 22.6. The van der Waals surface area contributed by atoms with Gasteiger partial charge in [-0.05, 0) is 26.0 Å². The first-order valence-electron chi connectivity index (χ1n) is 6.39. The van der Waals surface area contributed by atoms with E-state index in [-0.39, 0.29) is 19.0 Å². The lowest BCUT2D eigenvalue weighted by atomic mass is 10.2. The van der Waals surface area contributed by atoms with Crippen LogP contribution in [0.1, 0.15) is 23.0 Å². The summed E-state index contributed by atoms with van der Waals surface area (Å²) in [6.07, 6.45) is -1.72. The number of likely N-dealkylation sites (tertiary alicyclic amines) is 1. The van der Waals surface area contributed by atoms with E-state index < -0.39 is 12.2 Å². The molecule has 2 unspecified atom stereocenters. The smallest absolute Gasteiger partial charge is 0.254 e. The molecule has 1 aromatic rings. The molecule has 0 aromatic carbocycles. The van der Waals surface area contributed by atoms with Gasteiger partial charge in [-0.25, -0.2) is 4.98 Å². The first-order chi connectivity index (χ1) is 9.01. The fraction of sp³-hybridized carbons (Fsp3) is 0.538. The lowest BCUT2D eigenvalue weighted by Crippen LogP contribution is -2.30. The van der Waals surface area contributed by atoms with Crippen molar-refractivity contribution in [3.05, 3.63) is 23.4 Å². The number of carbonyl (C=O) groups is 1. The molecule has 0 bridgehead atoms. The number of β-amino-alcohol motifs (C(OH)–C–C–N with tert-alkyl or cyclic N) is 2. The van der Waals surface area contributed by atoms with E-state index in [1.54, 1.807) is 12.1 Å². The largest absolute Gasteiger partial charge is 0.388 e. The van der Waals surface area contributed by atoms with E-state index >= 15 is 0 Å². The second-order valence-electron chi connectivity index (χ2n) is 4.76. The summed E-state index contributed by atoms with van der Waals surface area (Å²) in [6.45, 7) is 4.84. The average Bonchev–Trinajstić information content (AvgIpc) is 2.68. The van der Waals surface area contributed by atoms with E-state index in [9.17, 15) is 15.0 Å². The number of amides is 1. The van der Waals surface area contributed by atoms with E-state index in [0.717, 1.165) is 12.2 Å². The molecule has 0 radical (unpaired) electrons. The number of aliphatic hydroxyl groups excluding tert-OH is 2. The molecule has 1 aliphatic rings. The first kappa shape index (κ1) is 13.8. The fourth-order valence-electron chi connectivity index (χ4n) is 2.18. The SMILES string of the molecule is CCNc1cc(C(=O)N2CC(O)C(O)C2)cc(C)n1. The summed E-state index contributed by atoms with van der Waals surface area (Å²) < 4.78 is 0.